The first-order valence-corrected chi connectivity index (χ1v) is 6.47. The van der Waals surface area contributed by atoms with E-state index >= 15 is 0 Å². The van der Waals surface area contributed by atoms with Gasteiger partial charge in [0, 0.05) is 19.4 Å². The van der Waals surface area contributed by atoms with Crippen LogP contribution in [0.1, 0.15) is 38.2 Å². The van der Waals surface area contributed by atoms with Crippen LogP contribution in [0.4, 0.5) is 0 Å². The third-order valence-corrected chi connectivity index (χ3v) is 2.81. The molecule has 0 aliphatic rings. The van der Waals surface area contributed by atoms with E-state index < -0.39 is 5.97 Å². The maximum absolute atomic E-state index is 12.0. The zero-order valence-corrected chi connectivity index (χ0v) is 12.4. The summed E-state index contributed by atoms with van der Waals surface area (Å²) in [6.07, 6.45) is 3.48. The van der Waals surface area contributed by atoms with Crippen molar-refractivity contribution in [1.82, 2.24) is 24.5 Å². The number of esters is 1. The standard InChI is InChI=1S/C13H19N5O2/c1-6-20-12(19)9-10(11-14-7-8-17(11)5)18(16-15-9)13(2,3)4/h7-8H,6H2,1-5H3. The molecule has 0 saturated heterocycles. The molecule has 0 amide bonds. The van der Waals surface area contributed by atoms with E-state index in [-0.39, 0.29) is 11.2 Å². The number of nitrogens with zero attached hydrogens (tertiary/aromatic N) is 5. The molecule has 0 aromatic carbocycles. The summed E-state index contributed by atoms with van der Waals surface area (Å²) in [4.78, 5) is 16.3. The van der Waals surface area contributed by atoms with Gasteiger partial charge in [-0.1, -0.05) is 5.21 Å². The van der Waals surface area contributed by atoms with Gasteiger partial charge in [-0.05, 0) is 27.7 Å². The van der Waals surface area contributed by atoms with Crippen molar-refractivity contribution < 1.29 is 9.53 Å². The smallest absolute Gasteiger partial charge is 0.361 e. The lowest BCUT2D eigenvalue weighted by atomic mass is 10.1. The van der Waals surface area contributed by atoms with Crippen LogP contribution in [0.5, 0.6) is 0 Å². The average molecular weight is 277 g/mol. The highest BCUT2D eigenvalue weighted by Crippen LogP contribution is 2.26. The molecule has 0 N–H and O–H groups in total. The number of ether oxygens (including phenoxy) is 1. The molecule has 0 saturated carbocycles. The summed E-state index contributed by atoms with van der Waals surface area (Å²) >= 11 is 0. The normalized spacial score (nSPS) is 11.7. The molecule has 7 heteroatoms. The van der Waals surface area contributed by atoms with Crippen LogP contribution in [0.3, 0.4) is 0 Å². The molecule has 2 aromatic rings. The Morgan fingerprint density at radius 3 is 2.60 bits per heavy atom. The van der Waals surface area contributed by atoms with Crippen molar-refractivity contribution in [2.24, 2.45) is 7.05 Å². The van der Waals surface area contributed by atoms with Gasteiger partial charge in [-0.2, -0.15) is 0 Å². The minimum Gasteiger partial charge on any atom is -0.461 e. The number of hydrogen-bond acceptors (Lipinski definition) is 5. The fraction of sp³-hybridized carbons (Fsp3) is 0.538. The molecule has 0 unspecified atom stereocenters. The predicted octanol–water partition coefficient (Wildman–Crippen LogP) is 1.61. The van der Waals surface area contributed by atoms with Crippen LogP contribution in [-0.4, -0.2) is 37.1 Å². The Morgan fingerprint density at radius 1 is 1.40 bits per heavy atom. The molecule has 0 radical (unpaired) electrons. The minimum absolute atomic E-state index is 0.191. The van der Waals surface area contributed by atoms with Gasteiger partial charge in [0.1, 0.15) is 5.69 Å². The molecule has 0 bridgehead atoms. The zero-order valence-electron chi connectivity index (χ0n) is 12.4. The van der Waals surface area contributed by atoms with E-state index in [0.717, 1.165) is 0 Å². The highest BCUT2D eigenvalue weighted by atomic mass is 16.5. The molecular weight excluding hydrogens is 258 g/mol. The summed E-state index contributed by atoms with van der Waals surface area (Å²) in [5.41, 5.74) is 0.443. The topological polar surface area (TPSA) is 74.8 Å². The second-order valence-corrected chi connectivity index (χ2v) is 5.45. The van der Waals surface area contributed by atoms with Gasteiger partial charge in [0.2, 0.25) is 5.69 Å². The molecule has 0 fully saturated rings. The fourth-order valence-corrected chi connectivity index (χ4v) is 1.88. The number of hydrogen-bond donors (Lipinski definition) is 0. The van der Waals surface area contributed by atoms with Gasteiger partial charge in [0.25, 0.3) is 0 Å². The van der Waals surface area contributed by atoms with Crippen molar-refractivity contribution in [3.8, 4) is 11.5 Å². The first kappa shape index (κ1) is 14.2. The number of aromatic nitrogens is 5. The Morgan fingerprint density at radius 2 is 2.10 bits per heavy atom. The highest BCUT2D eigenvalue weighted by Gasteiger charge is 2.29. The molecular formula is C13H19N5O2. The monoisotopic (exact) mass is 277 g/mol. The van der Waals surface area contributed by atoms with Crippen molar-refractivity contribution in [2.75, 3.05) is 6.61 Å². The van der Waals surface area contributed by atoms with Crippen LogP contribution in [0.15, 0.2) is 12.4 Å². The van der Waals surface area contributed by atoms with Crippen molar-refractivity contribution in [3.05, 3.63) is 18.1 Å². The molecule has 7 nitrogen and oxygen atoms in total. The highest BCUT2D eigenvalue weighted by molar-refractivity contribution is 5.93. The quantitative estimate of drug-likeness (QED) is 0.797. The van der Waals surface area contributed by atoms with E-state index in [9.17, 15) is 4.79 Å². The van der Waals surface area contributed by atoms with Crippen molar-refractivity contribution in [2.45, 2.75) is 33.2 Å². The second-order valence-electron chi connectivity index (χ2n) is 5.45. The lowest BCUT2D eigenvalue weighted by molar-refractivity contribution is 0.0520. The molecule has 2 heterocycles. The summed E-state index contributed by atoms with van der Waals surface area (Å²) in [5.74, 6) is 0.147. The van der Waals surface area contributed by atoms with Gasteiger partial charge in [0.05, 0.1) is 12.1 Å². The van der Waals surface area contributed by atoms with E-state index in [1.165, 1.54) is 0 Å². The summed E-state index contributed by atoms with van der Waals surface area (Å²) < 4.78 is 8.56. The number of rotatable bonds is 3. The first-order valence-electron chi connectivity index (χ1n) is 6.47. The number of imidazole rings is 1. The lowest BCUT2D eigenvalue weighted by Gasteiger charge is -2.21. The third-order valence-electron chi connectivity index (χ3n) is 2.81. The first-order chi connectivity index (χ1) is 9.36. The summed E-state index contributed by atoms with van der Waals surface area (Å²) in [6.45, 7) is 8.02. The van der Waals surface area contributed by atoms with Gasteiger partial charge in [0.15, 0.2) is 5.82 Å². The van der Waals surface area contributed by atoms with Crippen LogP contribution in [0, 0.1) is 0 Å². The molecule has 0 aliphatic carbocycles. The summed E-state index contributed by atoms with van der Waals surface area (Å²) in [5, 5.41) is 8.08. The Kier molecular flexibility index (Phi) is 3.61. The molecule has 0 atom stereocenters. The number of carbonyl (C=O) groups is 1. The Labute approximate surface area is 117 Å². The maximum atomic E-state index is 12.0. The van der Waals surface area contributed by atoms with Gasteiger partial charge >= 0.3 is 5.97 Å². The SMILES string of the molecule is CCOC(=O)c1nnn(C(C)(C)C)c1-c1nccn1C. The molecule has 108 valence electrons. The van der Waals surface area contributed by atoms with E-state index in [0.29, 0.717) is 18.1 Å². The van der Waals surface area contributed by atoms with Gasteiger partial charge < -0.3 is 9.30 Å². The largest absolute Gasteiger partial charge is 0.461 e. The van der Waals surface area contributed by atoms with Crippen molar-refractivity contribution >= 4 is 5.97 Å². The third kappa shape index (κ3) is 2.43. The molecule has 2 rings (SSSR count). The molecule has 2 aromatic heterocycles. The molecule has 0 aliphatic heterocycles. The Balaban J connectivity index is 2.64. The summed E-state index contributed by atoms with van der Waals surface area (Å²) in [7, 11) is 1.86. The average Bonchev–Trinajstić information content (AvgIpc) is 2.93. The number of aryl methyl sites for hydroxylation is 1. The van der Waals surface area contributed by atoms with E-state index in [1.54, 1.807) is 17.8 Å². The zero-order chi connectivity index (χ0) is 14.9. The van der Waals surface area contributed by atoms with Crippen molar-refractivity contribution in [3.63, 3.8) is 0 Å². The fourth-order valence-electron chi connectivity index (χ4n) is 1.88. The predicted molar refractivity (Wildman–Crippen MR) is 73.2 cm³/mol. The maximum Gasteiger partial charge on any atom is 0.361 e. The van der Waals surface area contributed by atoms with Gasteiger partial charge in [-0.3, -0.25) is 0 Å². The second kappa shape index (κ2) is 5.07. The van der Waals surface area contributed by atoms with Crippen LogP contribution in [-0.2, 0) is 17.3 Å². The molecule has 20 heavy (non-hydrogen) atoms. The summed E-state index contributed by atoms with van der Waals surface area (Å²) in [6, 6.07) is 0. The van der Waals surface area contributed by atoms with Crippen LogP contribution >= 0.6 is 0 Å². The number of carbonyl (C=O) groups excluding carboxylic acids is 1. The van der Waals surface area contributed by atoms with Crippen LogP contribution < -0.4 is 0 Å². The molecule has 0 spiro atoms. The van der Waals surface area contributed by atoms with Crippen LogP contribution in [0.2, 0.25) is 0 Å². The van der Waals surface area contributed by atoms with Gasteiger partial charge in [-0.15, -0.1) is 5.10 Å². The van der Waals surface area contributed by atoms with E-state index in [4.69, 9.17) is 4.74 Å². The lowest BCUT2D eigenvalue weighted by Crippen LogP contribution is -2.25. The van der Waals surface area contributed by atoms with Gasteiger partial charge in [-0.25, -0.2) is 14.5 Å². The van der Waals surface area contributed by atoms with Crippen molar-refractivity contribution in [1.29, 1.82) is 0 Å². The van der Waals surface area contributed by atoms with Crippen LogP contribution in [0.25, 0.3) is 11.5 Å². The Hall–Kier alpha value is -2.18. The van der Waals surface area contributed by atoms with E-state index in [2.05, 4.69) is 15.3 Å². The Bertz CT molecular complexity index is 621. The minimum atomic E-state index is -0.485. The van der Waals surface area contributed by atoms with E-state index in [1.807, 2.05) is 38.6 Å².